The molecule has 1 heterocycles. The van der Waals surface area contributed by atoms with Gasteiger partial charge in [-0.05, 0) is 59.7 Å². The van der Waals surface area contributed by atoms with Crippen LogP contribution in [0.3, 0.4) is 0 Å². The topological polar surface area (TPSA) is 53.4 Å². The second-order valence-electron chi connectivity index (χ2n) is 6.51. The minimum Gasteiger partial charge on any atom is -0.497 e. The van der Waals surface area contributed by atoms with Gasteiger partial charge in [0.1, 0.15) is 11.5 Å². The van der Waals surface area contributed by atoms with E-state index in [1.54, 1.807) is 32.5 Å². The van der Waals surface area contributed by atoms with Gasteiger partial charge in [-0.2, -0.15) is 9.78 Å². The minimum absolute atomic E-state index is 0.154. The van der Waals surface area contributed by atoms with Crippen LogP contribution in [0.5, 0.6) is 11.5 Å². The highest BCUT2D eigenvalue weighted by Crippen LogP contribution is 2.18. The molecule has 3 aromatic carbocycles. The van der Waals surface area contributed by atoms with Crippen molar-refractivity contribution in [2.45, 2.75) is 0 Å². The molecule has 0 atom stereocenters. The van der Waals surface area contributed by atoms with E-state index >= 15 is 0 Å². The van der Waals surface area contributed by atoms with E-state index in [1.807, 2.05) is 66.7 Å². The third-order valence-electron chi connectivity index (χ3n) is 4.71. The highest BCUT2D eigenvalue weighted by Gasteiger charge is 2.07. The van der Waals surface area contributed by atoms with Crippen molar-refractivity contribution in [2.75, 3.05) is 14.2 Å². The van der Waals surface area contributed by atoms with Gasteiger partial charge in [-0.15, -0.1) is 0 Å². The van der Waals surface area contributed by atoms with Crippen LogP contribution in [0.2, 0.25) is 0 Å². The Bertz CT molecular complexity index is 1220. The zero-order valence-electron chi connectivity index (χ0n) is 16.2. The van der Waals surface area contributed by atoms with E-state index in [1.165, 1.54) is 4.68 Å². The summed E-state index contributed by atoms with van der Waals surface area (Å²) in [7, 11) is 3.26. The normalized spacial score (nSPS) is 11.1. The van der Waals surface area contributed by atoms with E-state index in [0.717, 1.165) is 28.0 Å². The Morgan fingerprint density at radius 1 is 0.793 bits per heavy atom. The molecule has 0 radical (unpaired) electrons. The number of hydrogen-bond donors (Lipinski definition) is 0. The van der Waals surface area contributed by atoms with Gasteiger partial charge in [-0.25, -0.2) is 0 Å². The highest BCUT2D eigenvalue weighted by molar-refractivity contribution is 5.84. The molecule has 144 valence electrons. The molecule has 0 unspecified atom stereocenters. The molecule has 0 aliphatic rings. The number of aromatic nitrogens is 2. The monoisotopic (exact) mass is 384 g/mol. The van der Waals surface area contributed by atoms with Gasteiger partial charge in [-0.3, -0.25) is 4.79 Å². The van der Waals surface area contributed by atoms with Crippen molar-refractivity contribution < 1.29 is 9.47 Å². The van der Waals surface area contributed by atoms with Crippen molar-refractivity contribution in [1.82, 2.24) is 9.78 Å². The first kappa shape index (κ1) is 18.5. The highest BCUT2D eigenvalue weighted by atomic mass is 16.5. The van der Waals surface area contributed by atoms with Gasteiger partial charge in [0.25, 0.3) is 5.56 Å². The number of ether oxygens (including phenoxy) is 2. The van der Waals surface area contributed by atoms with Gasteiger partial charge in [0.15, 0.2) is 0 Å². The lowest BCUT2D eigenvalue weighted by molar-refractivity contribution is 0.414. The summed E-state index contributed by atoms with van der Waals surface area (Å²) in [4.78, 5) is 12.9. The van der Waals surface area contributed by atoms with Crippen molar-refractivity contribution in [3.63, 3.8) is 0 Å². The summed E-state index contributed by atoms with van der Waals surface area (Å²) in [6.07, 6.45) is 5.74. The van der Waals surface area contributed by atoms with Crippen LogP contribution in [0.15, 0.2) is 77.7 Å². The summed E-state index contributed by atoms with van der Waals surface area (Å²) in [5.41, 5.74) is 2.61. The number of rotatable bonds is 5. The first-order valence-electron chi connectivity index (χ1n) is 9.16. The zero-order chi connectivity index (χ0) is 20.2. The van der Waals surface area contributed by atoms with E-state index in [2.05, 4.69) is 5.10 Å². The molecule has 0 spiro atoms. The predicted octanol–water partition coefficient (Wildman–Crippen LogP) is 4.57. The van der Waals surface area contributed by atoms with E-state index in [9.17, 15) is 4.79 Å². The standard InChI is InChI=1S/C24H20N2O3/c1-28-21-10-5-17(6-11-21)3-4-18-7-14-23-19(15-18)16-25-26(24(23)27)20-8-12-22(29-2)13-9-20/h3-16H,1-2H3/b4-3+. The maximum atomic E-state index is 12.9. The molecule has 0 N–H and O–H groups in total. The Hall–Kier alpha value is -3.86. The first-order valence-corrected chi connectivity index (χ1v) is 9.16. The zero-order valence-corrected chi connectivity index (χ0v) is 16.2. The molecule has 0 fully saturated rings. The number of hydrogen-bond acceptors (Lipinski definition) is 4. The van der Waals surface area contributed by atoms with Gasteiger partial charge < -0.3 is 9.47 Å². The smallest absolute Gasteiger partial charge is 0.279 e. The number of nitrogens with zero attached hydrogens (tertiary/aromatic N) is 2. The molecule has 5 heteroatoms. The number of methoxy groups -OCH3 is 2. The molecule has 0 amide bonds. The van der Waals surface area contributed by atoms with Crippen LogP contribution in [0.25, 0.3) is 28.6 Å². The lowest BCUT2D eigenvalue weighted by atomic mass is 10.1. The van der Waals surface area contributed by atoms with Crippen molar-refractivity contribution in [3.8, 4) is 17.2 Å². The lowest BCUT2D eigenvalue weighted by Gasteiger charge is -2.07. The molecule has 29 heavy (non-hydrogen) atoms. The van der Waals surface area contributed by atoms with Crippen molar-refractivity contribution in [3.05, 3.63) is 94.4 Å². The molecule has 0 saturated carbocycles. The molecule has 1 aromatic heterocycles. The average molecular weight is 384 g/mol. The first-order chi connectivity index (χ1) is 14.2. The molecule has 0 bridgehead atoms. The second-order valence-corrected chi connectivity index (χ2v) is 6.51. The van der Waals surface area contributed by atoms with Crippen molar-refractivity contribution in [2.24, 2.45) is 0 Å². The Morgan fingerprint density at radius 3 is 2.03 bits per heavy atom. The quantitative estimate of drug-likeness (QED) is 0.473. The Balaban J connectivity index is 1.64. The summed E-state index contributed by atoms with van der Waals surface area (Å²) in [5, 5.41) is 5.76. The van der Waals surface area contributed by atoms with Crippen LogP contribution in [0, 0.1) is 0 Å². The molecule has 5 nitrogen and oxygen atoms in total. The van der Waals surface area contributed by atoms with Crippen LogP contribution < -0.4 is 15.0 Å². The summed E-state index contributed by atoms with van der Waals surface area (Å²) >= 11 is 0. The fraction of sp³-hybridized carbons (Fsp3) is 0.0833. The summed E-state index contributed by atoms with van der Waals surface area (Å²) in [6, 6.07) is 20.8. The van der Waals surface area contributed by atoms with Crippen LogP contribution in [-0.4, -0.2) is 24.0 Å². The molecular weight excluding hydrogens is 364 g/mol. The minimum atomic E-state index is -0.154. The Labute approximate surface area is 168 Å². The Morgan fingerprint density at radius 2 is 1.38 bits per heavy atom. The molecular formula is C24H20N2O3. The van der Waals surface area contributed by atoms with Gasteiger partial charge >= 0.3 is 0 Å². The van der Waals surface area contributed by atoms with Gasteiger partial charge in [0.05, 0.1) is 31.5 Å². The molecule has 0 aliphatic heterocycles. The van der Waals surface area contributed by atoms with Gasteiger partial charge in [0, 0.05) is 5.39 Å². The molecule has 0 saturated heterocycles. The third-order valence-corrected chi connectivity index (χ3v) is 4.71. The average Bonchev–Trinajstić information content (AvgIpc) is 2.78. The number of benzene rings is 3. The largest absolute Gasteiger partial charge is 0.497 e. The maximum Gasteiger partial charge on any atom is 0.279 e. The SMILES string of the molecule is COc1ccc(/C=C/c2ccc3c(=O)n(-c4ccc(OC)cc4)ncc3c2)cc1. The maximum absolute atomic E-state index is 12.9. The van der Waals surface area contributed by atoms with Crippen LogP contribution in [-0.2, 0) is 0 Å². The summed E-state index contributed by atoms with van der Waals surface area (Å²) in [5.74, 6) is 1.56. The summed E-state index contributed by atoms with van der Waals surface area (Å²) in [6.45, 7) is 0. The van der Waals surface area contributed by atoms with E-state index in [4.69, 9.17) is 9.47 Å². The molecule has 4 aromatic rings. The molecule has 0 aliphatic carbocycles. The third kappa shape index (κ3) is 3.89. The lowest BCUT2D eigenvalue weighted by Crippen LogP contribution is -2.20. The summed E-state index contributed by atoms with van der Waals surface area (Å²) < 4.78 is 11.7. The second kappa shape index (κ2) is 8.02. The fourth-order valence-electron chi connectivity index (χ4n) is 3.09. The Kier molecular flexibility index (Phi) is 5.12. The van der Waals surface area contributed by atoms with E-state index < -0.39 is 0 Å². The van der Waals surface area contributed by atoms with E-state index in [0.29, 0.717) is 11.1 Å². The predicted molar refractivity (Wildman–Crippen MR) is 116 cm³/mol. The molecule has 4 rings (SSSR count). The van der Waals surface area contributed by atoms with Crippen molar-refractivity contribution in [1.29, 1.82) is 0 Å². The van der Waals surface area contributed by atoms with Crippen LogP contribution in [0.4, 0.5) is 0 Å². The van der Waals surface area contributed by atoms with Crippen molar-refractivity contribution >= 4 is 22.9 Å². The van der Waals surface area contributed by atoms with Gasteiger partial charge in [0.2, 0.25) is 0 Å². The van der Waals surface area contributed by atoms with Gasteiger partial charge in [-0.1, -0.05) is 30.4 Å². The fourth-order valence-corrected chi connectivity index (χ4v) is 3.09. The van der Waals surface area contributed by atoms with Crippen LogP contribution >= 0.6 is 0 Å². The number of fused-ring (bicyclic) bond motifs is 1. The van der Waals surface area contributed by atoms with Crippen LogP contribution in [0.1, 0.15) is 11.1 Å². The van der Waals surface area contributed by atoms with E-state index in [-0.39, 0.29) is 5.56 Å².